The van der Waals surface area contributed by atoms with Crippen molar-refractivity contribution in [3.63, 3.8) is 0 Å². The number of aliphatic hydroxyl groups is 2. The van der Waals surface area contributed by atoms with E-state index in [4.69, 9.17) is 19.3 Å². The molecule has 3 unspecified atom stereocenters. The third kappa shape index (κ3) is 7.41. The summed E-state index contributed by atoms with van der Waals surface area (Å²) in [6.45, 7) is 0.684. The van der Waals surface area contributed by atoms with Crippen molar-refractivity contribution in [2.24, 2.45) is 0 Å². The highest BCUT2D eigenvalue weighted by Crippen LogP contribution is 2.29. The van der Waals surface area contributed by atoms with Crippen molar-refractivity contribution in [1.29, 1.82) is 0 Å². The lowest BCUT2D eigenvalue weighted by Crippen LogP contribution is -2.56. The van der Waals surface area contributed by atoms with Gasteiger partial charge in [-0.2, -0.15) is 0 Å². The van der Waals surface area contributed by atoms with E-state index in [1.54, 1.807) is 12.1 Å². The molecule has 0 heterocycles. The van der Waals surface area contributed by atoms with Crippen LogP contribution in [-0.2, 0) is 19.1 Å². The van der Waals surface area contributed by atoms with Gasteiger partial charge in [-0.15, -0.1) is 0 Å². The van der Waals surface area contributed by atoms with Gasteiger partial charge < -0.3 is 34.6 Å². The summed E-state index contributed by atoms with van der Waals surface area (Å²) in [5, 5.41) is 22.9. The molecule has 1 aromatic carbocycles. The average molecular weight is 562 g/mol. The van der Waals surface area contributed by atoms with Crippen molar-refractivity contribution in [1.82, 2.24) is 10.2 Å². The second-order valence-corrected chi connectivity index (χ2v) is 8.43. The smallest absolute Gasteiger partial charge is 0.247 e. The zero-order valence-electron chi connectivity index (χ0n) is 18.3. The first-order valence-electron chi connectivity index (χ1n) is 10.4. The number of carbonyl (C=O) groups is 2. The van der Waals surface area contributed by atoms with Crippen LogP contribution in [0.15, 0.2) is 35.9 Å². The van der Waals surface area contributed by atoms with Gasteiger partial charge in [0.1, 0.15) is 18.0 Å². The highest BCUT2D eigenvalue weighted by atomic mass is 127. The molecule has 2 rings (SSSR count). The van der Waals surface area contributed by atoms with Gasteiger partial charge in [0.2, 0.25) is 11.8 Å². The van der Waals surface area contributed by atoms with Crippen LogP contribution in [0.1, 0.15) is 12.8 Å². The number of nitrogens with one attached hydrogen (secondary N) is 1. The molecule has 0 aliphatic heterocycles. The van der Waals surface area contributed by atoms with Crippen LogP contribution in [-0.4, -0.2) is 92.3 Å². The fourth-order valence-corrected chi connectivity index (χ4v) is 3.98. The average Bonchev–Trinajstić information content (AvgIpc) is 2.79. The number of hydrogen-bond acceptors (Lipinski definition) is 7. The zero-order valence-corrected chi connectivity index (χ0v) is 20.5. The predicted molar refractivity (Wildman–Crippen MR) is 126 cm³/mol. The number of halogens is 1. The second-order valence-electron chi connectivity index (χ2n) is 7.27. The van der Waals surface area contributed by atoms with Gasteiger partial charge in [-0.25, -0.2) is 0 Å². The van der Waals surface area contributed by atoms with E-state index in [-0.39, 0.29) is 57.6 Å². The van der Waals surface area contributed by atoms with E-state index >= 15 is 0 Å². The maximum Gasteiger partial charge on any atom is 0.247 e. The van der Waals surface area contributed by atoms with Gasteiger partial charge in [-0.05, 0) is 40.8 Å². The van der Waals surface area contributed by atoms with E-state index in [1.165, 1.54) is 19.1 Å². The standard InChI is InChI=1S/C22H31IN2O7/c1-30-11-7-20(27)25(9-12-31-2)17-13-15(22(29)24-8-10-26)14-19(21(17)28)32-18-6-4-3-5-16(18)23/h3-6,14,17,19,21,26,28H,7-13H2,1-2H3,(H,24,29). The van der Waals surface area contributed by atoms with E-state index < -0.39 is 18.2 Å². The van der Waals surface area contributed by atoms with Crippen LogP contribution in [0.2, 0.25) is 0 Å². The first-order chi connectivity index (χ1) is 15.4. The summed E-state index contributed by atoms with van der Waals surface area (Å²) in [6.07, 6.45) is -0.0394. The first-order valence-corrected chi connectivity index (χ1v) is 11.5. The molecule has 178 valence electrons. The third-order valence-electron chi connectivity index (χ3n) is 5.09. The number of amides is 2. The lowest BCUT2D eigenvalue weighted by Gasteiger charge is -2.40. The van der Waals surface area contributed by atoms with Crippen molar-refractivity contribution in [3.05, 3.63) is 39.5 Å². The van der Waals surface area contributed by atoms with Crippen molar-refractivity contribution >= 4 is 34.4 Å². The Bertz CT molecular complexity index is 789. The van der Waals surface area contributed by atoms with Crippen LogP contribution in [0.4, 0.5) is 0 Å². The van der Waals surface area contributed by atoms with Crippen LogP contribution >= 0.6 is 22.6 Å². The van der Waals surface area contributed by atoms with Gasteiger partial charge in [-0.3, -0.25) is 9.59 Å². The Kier molecular flexibility index (Phi) is 11.4. The maximum absolute atomic E-state index is 12.9. The molecule has 1 aliphatic carbocycles. The highest BCUT2D eigenvalue weighted by molar-refractivity contribution is 14.1. The van der Waals surface area contributed by atoms with E-state index in [0.29, 0.717) is 11.3 Å². The molecule has 0 bridgehead atoms. The number of benzene rings is 1. The van der Waals surface area contributed by atoms with Crippen LogP contribution in [0.5, 0.6) is 5.75 Å². The van der Waals surface area contributed by atoms with Gasteiger partial charge in [0, 0.05) is 39.3 Å². The lowest BCUT2D eigenvalue weighted by molar-refractivity contribution is -0.140. The summed E-state index contributed by atoms with van der Waals surface area (Å²) >= 11 is 2.13. The molecule has 10 heteroatoms. The Morgan fingerprint density at radius 2 is 1.94 bits per heavy atom. The van der Waals surface area contributed by atoms with Crippen LogP contribution in [0, 0.1) is 3.57 Å². The number of aliphatic hydroxyl groups excluding tert-OH is 2. The Morgan fingerprint density at radius 3 is 2.59 bits per heavy atom. The van der Waals surface area contributed by atoms with Gasteiger partial charge in [0.15, 0.2) is 0 Å². The SMILES string of the molecule is COCCC(=O)N(CCOC)C1CC(C(=O)NCCO)=CC(Oc2ccccc2I)C1O. The molecule has 0 aromatic heterocycles. The number of ether oxygens (including phenoxy) is 3. The quantitative estimate of drug-likeness (QED) is 0.322. The van der Waals surface area contributed by atoms with Crippen molar-refractivity contribution in [2.75, 3.05) is 47.1 Å². The van der Waals surface area contributed by atoms with Gasteiger partial charge in [-0.1, -0.05) is 12.1 Å². The summed E-state index contributed by atoms with van der Waals surface area (Å²) < 4.78 is 17.1. The van der Waals surface area contributed by atoms with Crippen molar-refractivity contribution in [2.45, 2.75) is 31.1 Å². The summed E-state index contributed by atoms with van der Waals surface area (Å²) in [4.78, 5) is 27.1. The topological polar surface area (TPSA) is 118 Å². The minimum absolute atomic E-state index is 0.103. The van der Waals surface area contributed by atoms with Crippen LogP contribution in [0.25, 0.3) is 0 Å². The molecule has 3 atom stereocenters. The number of rotatable bonds is 12. The summed E-state index contributed by atoms with van der Waals surface area (Å²) in [7, 11) is 3.05. The molecule has 0 saturated carbocycles. The molecular weight excluding hydrogens is 531 g/mol. The number of para-hydroxylation sites is 1. The van der Waals surface area contributed by atoms with E-state index in [1.807, 2.05) is 18.2 Å². The van der Waals surface area contributed by atoms with E-state index in [0.717, 1.165) is 3.57 Å². The van der Waals surface area contributed by atoms with Crippen LogP contribution in [0.3, 0.4) is 0 Å². The number of hydrogen-bond donors (Lipinski definition) is 3. The molecular formula is C22H31IN2O7. The Labute approximate surface area is 201 Å². The molecule has 0 radical (unpaired) electrons. The van der Waals surface area contributed by atoms with E-state index in [2.05, 4.69) is 27.9 Å². The second kappa shape index (κ2) is 13.7. The van der Waals surface area contributed by atoms with Crippen molar-refractivity contribution in [3.8, 4) is 5.75 Å². The highest BCUT2D eigenvalue weighted by Gasteiger charge is 2.40. The molecule has 0 saturated heterocycles. The number of nitrogens with zero attached hydrogens (tertiary/aromatic N) is 1. The predicted octanol–water partition coefficient (Wildman–Crippen LogP) is 0.718. The molecule has 32 heavy (non-hydrogen) atoms. The summed E-state index contributed by atoms with van der Waals surface area (Å²) in [5.74, 6) is -0.0142. The molecule has 1 aromatic rings. The first kappa shape index (κ1) is 26.5. The molecule has 0 spiro atoms. The molecule has 1 aliphatic rings. The van der Waals surface area contributed by atoms with Gasteiger partial charge in [0.25, 0.3) is 0 Å². The van der Waals surface area contributed by atoms with Gasteiger partial charge >= 0.3 is 0 Å². The zero-order chi connectivity index (χ0) is 23.5. The fourth-order valence-electron chi connectivity index (χ4n) is 3.46. The van der Waals surface area contributed by atoms with Crippen molar-refractivity contribution < 1.29 is 34.0 Å². The minimum Gasteiger partial charge on any atom is -0.482 e. The maximum atomic E-state index is 12.9. The molecule has 9 nitrogen and oxygen atoms in total. The number of carbonyl (C=O) groups excluding carboxylic acids is 2. The minimum atomic E-state index is -1.07. The summed E-state index contributed by atoms with van der Waals surface area (Å²) in [5.41, 5.74) is 0.381. The lowest BCUT2D eigenvalue weighted by atomic mass is 9.88. The largest absolute Gasteiger partial charge is 0.482 e. The normalized spacial score (nSPS) is 20.4. The third-order valence-corrected chi connectivity index (χ3v) is 5.98. The molecule has 2 amide bonds. The Morgan fingerprint density at radius 1 is 1.22 bits per heavy atom. The number of methoxy groups -OCH3 is 2. The monoisotopic (exact) mass is 562 g/mol. The Balaban J connectivity index is 2.35. The Hall–Kier alpha value is -1.73. The summed E-state index contributed by atoms with van der Waals surface area (Å²) in [6, 6.07) is 6.66. The van der Waals surface area contributed by atoms with E-state index in [9.17, 15) is 14.7 Å². The molecule has 0 fully saturated rings. The molecule has 3 N–H and O–H groups in total. The fraction of sp³-hybridized carbons (Fsp3) is 0.545. The van der Waals surface area contributed by atoms with Gasteiger partial charge in [0.05, 0.1) is 35.9 Å². The van der Waals surface area contributed by atoms with Crippen LogP contribution < -0.4 is 10.1 Å².